The van der Waals surface area contributed by atoms with Gasteiger partial charge in [0.25, 0.3) is 0 Å². The second kappa shape index (κ2) is 10.5. The first-order chi connectivity index (χ1) is 16.1. The normalized spacial score (nSPS) is 15.9. The zero-order valence-electron chi connectivity index (χ0n) is 20.3. The molecule has 6 rings (SSSR count). The van der Waals surface area contributed by atoms with Crippen LogP contribution in [0.5, 0.6) is 0 Å². The minimum atomic E-state index is -2.38. The van der Waals surface area contributed by atoms with E-state index in [2.05, 4.69) is 115 Å². The molecule has 2 aliphatic rings. The van der Waals surface area contributed by atoms with Crippen LogP contribution < -0.4 is 28.1 Å². The van der Waals surface area contributed by atoms with Gasteiger partial charge >= 0.3 is 205 Å². The Morgan fingerprint density at radius 2 is 1.46 bits per heavy atom. The van der Waals surface area contributed by atoms with Gasteiger partial charge in [-0.05, 0) is 0 Å². The second-order valence-electron chi connectivity index (χ2n) is 9.47. The number of halogens is 2. The van der Waals surface area contributed by atoms with Crippen LogP contribution in [0.3, 0.4) is 0 Å². The van der Waals surface area contributed by atoms with E-state index in [9.17, 15) is 0 Å². The van der Waals surface area contributed by atoms with Gasteiger partial charge in [0.1, 0.15) is 0 Å². The molecule has 1 atom stereocenters. The summed E-state index contributed by atoms with van der Waals surface area (Å²) in [5.74, 6) is 0.533. The van der Waals surface area contributed by atoms with E-state index in [1.165, 1.54) is 38.6 Å². The van der Waals surface area contributed by atoms with E-state index < -0.39 is 21.3 Å². The average Bonchev–Trinajstić information content (AvgIpc) is 3.34. The van der Waals surface area contributed by atoms with Crippen LogP contribution in [0.1, 0.15) is 37.5 Å². The maximum Gasteiger partial charge on any atom is -1.00 e. The van der Waals surface area contributed by atoms with Crippen molar-refractivity contribution in [3.63, 3.8) is 0 Å². The van der Waals surface area contributed by atoms with Crippen LogP contribution in [0.25, 0.3) is 21.9 Å². The van der Waals surface area contributed by atoms with E-state index in [1.807, 2.05) is 0 Å². The molecule has 0 aromatic heterocycles. The Balaban J connectivity index is 0.00000144. The number of benzene rings is 4. The average molecular weight is 575 g/mol. The van der Waals surface area contributed by atoms with E-state index in [0.717, 1.165) is 6.42 Å². The third-order valence-electron chi connectivity index (χ3n) is 7.51. The Kier molecular flexibility index (Phi) is 7.82. The zero-order valence-corrected chi connectivity index (χ0v) is 24.2. The van der Waals surface area contributed by atoms with Crippen molar-refractivity contribution >= 4 is 17.8 Å². The van der Waals surface area contributed by atoms with E-state index in [1.54, 1.807) is 17.7 Å². The summed E-state index contributed by atoms with van der Waals surface area (Å²) in [5, 5.41) is 2.71. The Morgan fingerprint density at radius 3 is 2.26 bits per heavy atom. The van der Waals surface area contributed by atoms with Crippen LogP contribution in [0.15, 0.2) is 105 Å². The summed E-state index contributed by atoms with van der Waals surface area (Å²) in [4.78, 5) is 0. The molecule has 4 aromatic rings. The van der Waals surface area contributed by atoms with Crippen LogP contribution in [-0.2, 0) is 27.7 Å². The molecule has 0 fully saturated rings. The molecule has 0 saturated carbocycles. The van der Waals surface area contributed by atoms with Crippen LogP contribution in [-0.4, -0.2) is 3.71 Å². The minimum Gasteiger partial charge on any atom is -1.00 e. The number of hydrogen-bond acceptors (Lipinski definition) is 0. The Bertz CT molecular complexity index is 1520. The predicted octanol–water partition coefficient (Wildman–Crippen LogP) is 1.38. The van der Waals surface area contributed by atoms with Gasteiger partial charge in [0.2, 0.25) is 0 Å². The van der Waals surface area contributed by atoms with E-state index in [-0.39, 0.29) is 24.8 Å². The van der Waals surface area contributed by atoms with Crippen molar-refractivity contribution in [1.82, 2.24) is 0 Å². The monoisotopic (exact) mass is 572 g/mol. The largest absolute Gasteiger partial charge is 1.00 e. The van der Waals surface area contributed by atoms with Crippen LogP contribution in [0.4, 0.5) is 0 Å². The molecule has 0 saturated heterocycles. The molecule has 0 amide bonds. The predicted molar refractivity (Wildman–Crippen MR) is 139 cm³/mol. The van der Waals surface area contributed by atoms with Gasteiger partial charge in [-0.1, -0.05) is 0 Å². The maximum absolute atomic E-state index is 2.73. The van der Waals surface area contributed by atoms with E-state index >= 15 is 0 Å². The Hall–Kier alpha value is -2.05. The number of allylic oxidation sites excluding steroid dienone is 4. The van der Waals surface area contributed by atoms with Gasteiger partial charge in [0.05, 0.1) is 0 Å². The van der Waals surface area contributed by atoms with Crippen LogP contribution in [0.2, 0.25) is 0 Å². The van der Waals surface area contributed by atoms with Gasteiger partial charge in [-0.15, -0.1) is 0 Å². The fourth-order valence-corrected chi connectivity index (χ4v) is 13.6. The minimum absolute atomic E-state index is 0. The quantitative estimate of drug-likeness (QED) is 0.306. The number of fused-ring (bicyclic) bond motifs is 4. The van der Waals surface area contributed by atoms with E-state index in [0.29, 0.717) is 5.92 Å². The molecule has 1 unspecified atom stereocenters. The Labute approximate surface area is 228 Å². The molecule has 35 heavy (non-hydrogen) atoms. The van der Waals surface area contributed by atoms with Gasteiger partial charge in [-0.25, -0.2) is 0 Å². The first-order valence-electron chi connectivity index (χ1n) is 11.9. The molecule has 174 valence electrons. The van der Waals surface area contributed by atoms with Gasteiger partial charge in [0, 0.05) is 0 Å². The van der Waals surface area contributed by atoms with Crippen molar-refractivity contribution in [3.05, 3.63) is 122 Å². The fraction of sp³-hybridized carbons (Fsp3) is 0.156. The fourth-order valence-electron chi connectivity index (χ4n) is 5.83. The molecular weight excluding hydrogens is 546 g/mol. The molecule has 0 aliphatic heterocycles. The molecule has 0 nitrogen and oxygen atoms in total. The molecule has 4 aromatic carbocycles. The summed E-state index contributed by atoms with van der Waals surface area (Å²) in [6.07, 6.45) is 3.56. The third-order valence-corrected chi connectivity index (χ3v) is 15.0. The number of hydrogen-bond donors (Lipinski definition) is 0. The smallest absolute Gasteiger partial charge is 1.00 e. The third kappa shape index (κ3) is 4.48. The van der Waals surface area contributed by atoms with Crippen molar-refractivity contribution in [2.45, 2.75) is 27.2 Å². The van der Waals surface area contributed by atoms with Gasteiger partial charge in [0.15, 0.2) is 0 Å². The Morgan fingerprint density at radius 1 is 0.771 bits per heavy atom. The molecule has 3 heteroatoms. The maximum atomic E-state index is 2.73. The topological polar surface area (TPSA) is 0 Å². The van der Waals surface area contributed by atoms with E-state index in [4.69, 9.17) is 0 Å². The van der Waals surface area contributed by atoms with Crippen molar-refractivity contribution in [2.24, 2.45) is 5.92 Å². The molecule has 0 heterocycles. The van der Waals surface area contributed by atoms with Gasteiger partial charge in [-0.2, -0.15) is 0 Å². The molecule has 0 radical (unpaired) electrons. The number of rotatable bonds is 3. The van der Waals surface area contributed by atoms with Crippen molar-refractivity contribution in [1.29, 1.82) is 0 Å². The first kappa shape index (κ1) is 26.0. The van der Waals surface area contributed by atoms with Crippen molar-refractivity contribution < 1.29 is 46.1 Å². The molecule has 0 bridgehead atoms. The van der Waals surface area contributed by atoms with Gasteiger partial charge in [-0.3, -0.25) is 0 Å². The SMILES string of the molecule is CC1=CC(C)[C](/[Zr+2](=[CH]/c2cccc3ccccc23)[c]2cccc3c2Cc2ccccc2-3)=C1C.[Cl-].[Cl-]. The zero-order chi connectivity index (χ0) is 22.5. The molecule has 0 spiro atoms. The summed E-state index contributed by atoms with van der Waals surface area (Å²) in [6, 6.07) is 31.7. The second-order valence-corrected chi connectivity index (χ2v) is 14.9. The standard InChI is InChI=1S/C13H9.C11H8.C8H11.2ClH.Zr/c1-3-7-12-10(5-1)9-11-6-2-4-8-13(11)12;1-9-5-4-7-10-6-2-3-8-11(9)10;1-6-4-7(2)8(3)5-6;;;/h1-5,7-8H,9H2;1-8H;4,6H,1-3H3;2*1H;/q;;;;;+2/p-2. The molecule has 0 N–H and O–H groups in total. The summed E-state index contributed by atoms with van der Waals surface area (Å²) >= 11 is -2.38. The van der Waals surface area contributed by atoms with Gasteiger partial charge < -0.3 is 24.8 Å². The summed E-state index contributed by atoms with van der Waals surface area (Å²) in [6.45, 7) is 7.06. The van der Waals surface area contributed by atoms with Crippen molar-refractivity contribution in [2.75, 3.05) is 0 Å². The first-order valence-corrected chi connectivity index (χ1v) is 15.8. The summed E-state index contributed by atoms with van der Waals surface area (Å²) < 4.78 is 6.13. The summed E-state index contributed by atoms with van der Waals surface area (Å²) in [5.41, 5.74) is 10.4. The summed E-state index contributed by atoms with van der Waals surface area (Å²) in [7, 11) is 0. The molecule has 2 aliphatic carbocycles. The van der Waals surface area contributed by atoms with Crippen molar-refractivity contribution in [3.8, 4) is 11.1 Å². The van der Waals surface area contributed by atoms with Crippen LogP contribution >= 0.6 is 0 Å². The van der Waals surface area contributed by atoms with Crippen LogP contribution in [0, 0.1) is 5.92 Å². The molecular formula is C32H28Cl2Zr.